The lowest BCUT2D eigenvalue weighted by molar-refractivity contribution is -0.161. The number of esters is 4. The second-order valence-electron chi connectivity index (χ2n) is 31.7. The van der Waals surface area contributed by atoms with E-state index >= 15 is 0 Å². The van der Waals surface area contributed by atoms with Crippen LogP contribution in [0.2, 0.25) is 0 Å². The summed E-state index contributed by atoms with van der Waals surface area (Å²) < 4.78 is 68.8. The first-order valence-corrected chi connectivity index (χ1v) is 47.5. The van der Waals surface area contributed by atoms with Crippen molar-refractivity contribution < 1.29 is 80.2 Å². The molecule has 624 valence electrons. The van der Waals surface area contributed by atoms with E-state index in [1.54, 1.807) is 0 Å². The van der Waals surface area contributed by atoms with Gasteiger partial charge in [0, 0.05) is 25.7 Å². The number of carbonyl (C=O) groups excluding carboxylic acids is 4. The molecule has 0 aliphatic rings. The lowest BCUT2D eigenvalue weighted by Crippen LogP contribution is -2.30. The maximum absolute atomic E-state index is 13.1. The van der Waals surface area contributed by atoms with Crippen LogP contribution in [0.1, 0.15) is 453 Å². The molecule has 0 rings (SSSR count). The molecule has 0 aromatic rings. The van der Waals surface area contributed by atoms with Crippen LogP contribution in [-0.4, -0.2) is 96.7 Å². The van der Waals surface area contributed by atoms with E-state index in [1.807, 2.05) is 0 Å². The van der Waals surface area contributed by atoms with Gasteiger partial charge in [0.1, 0.15) is 19.3 Å². The number of ether oxygens (including phenoxy) is 4. The number of carbonyl (C=O) groups is 4. The van der Waals surface area contributed by atoms with Crippen molar-refractivity contribution in [1.29, 1.82) is 0 Å². The Kier molecular flexibility index (Phi) is 74.7. The number of rotatable bonds is 84. The maximum atomic E-state index is 13.1. The van der Waals surface area contributed by atoms with Crippen molar-refractivity contribution in [2.45, 2.75) is 471 Å². The number of aliphatic hydroxyl groups is 1. The van der Waals surface area contributed by atoms with E-state index in [2.05, 4.69) is 48.5 Å². The topological polar surface area (TPSA) is 237 Å². The minimum absolute atomic E-state index is 0.107. The second kappa shape index (κ2) is 76.1. The molecule has 0 radical (unpaired) electrons. The molecule has 0 aliphatic carbocycles. The Labute approximate surface area is 645 Å². The Bertz CT molecular complexity index is 2030. The van der Waals surface area contributed by atoms with Gasteiger partial charge in [-0.2, -0.15) is 0 Å². The first kappa shape index (κ1) is 103. The lowest BCUT2D eigenvalue weighted by Gasteiger charge is -2.21. The molecule has 105 heavy (non-hydrogen) atoms. The summed E-state index contributed by atoms with van der Waals surface area (Å²) in [4.78, 5) is 73.1. The van der Waals surface area contributed by atoms with Crippen molar-refractivity contribution in [3.05, 3.63) is 0 Å². The number of aliphatic hydroxyl groups excluding tert-OH is 1. The highest BCUT2D eigenvalue weighted by Gasteiger charge is 2.31. The summed E-state index contributed by atoms with van der Waals surface area (Å²) in [6, 6.07) is 0. The van der Waals surface area contributed by atoms with Gasteiger partial charge in [0.2, 0.25) is 0 Å². The molecule has 0 bridgehead atoms. The van der Waals surface area contributed by atoms with Gasteiger partial charge in [-0.3, -0.25) is 37.3 Å². The van der Waals surface area contributed by atoms with Gasteiger partial charge >= 0.3 is 39.5 Å². The lowest BCUT2D eigenvalue weighted by atomic mass is 9.99. The average Bonchev–Trinajstić information content (AvgIpc) is 0.945. The summed E-state index contributed by atoms with van der Waals surface area (Å²) in [6.07, 6.45) is 66.6. The summed E-state index contributed by atoms with van der Waals surface area (Å²) in [5, 5.41) is 10.7. The number of unbranched alkanes of at least 4 members (excludes halogenated alkanes) is 49. The molecule has 0 aliphatic heterocycles. The van der Waals surface area contributed by atoms with Gasteiger partial charge in [-0.25, -0.2) is 9.13 Å². The van der Waals surface area contributed by atoms with Gasteiger partial charge in [0.25, 0.3) is 0 Å². The Morgan fingerprint density at radius 1 is 0.267 bits per heavy atom. The van der Waals surface area contributed by atoms with E-state index in [0.717, 1.165) is 120 Å². The molecule has 0 spiro atoms. The van der Waals surface area contributed by atoms with E-state index in [-0.39, 0.29) is 25.7 Å². The van der Waals surface area contributed by atoms with Gasteiger partial charge < -0.3 is 33.8 Å². The van der Waals surface area contributed by atoms with E-state index in [1.165, 1.54) is 250 Å². The average molecular weight is 1540 g/mol. The Balaban J connectivity index is 5.17. The summed E-state index contributed by atoms with van der Waals surface area (Å²) in [5.41, 5.74) is 0. The first-order valence-electron chi connectivity index (χ1n) is 44.5. The quantitative estimate of drug-likeness (QED) is 0.0222. The predicted molar refractivity (Wildman–Crippen MR) is 432 cm³/mol. The van der Waals surface area contributed by atoms with Crippen molar-refractivity contribution in [3.63, 3.8) is 0 Å². The van der Waals surface area contributed by atoms with E-state index < -0.39 is 97.5 Å². The normalized spacial score (nSPS) is 14.6. The molecule has 0 amide bonds. The summed E-state index contributed by atoms with van der Waals surface area (Å²) in [7, 11) is -9.92. The van der Waals surface area contributed by atoms with Crippen LogP contribution in [0.15, 0.2) is 0 Å². The monoisotopic (exact) mass is 1540 g/mol. The van der Waals surface area contributed by atoms with E-state index in [0.29, 0.717) is 25.7 Å². The van der Waals surface area contributed by atoms with Crippen molar-refractivity contribution in [3.8, 4) is 0 Å². The van der Waals surface area contributed by atoms with Crippen molar-refractivity contribution in [2.75, 3.05) is 39.6 Å². The highest BCUT2D eigenvalue weighted by molar-refractivity contribution is 7.47. The minimum Gasteiger partial charge on any atom is -0.462 e. The summed E-state index contributed by atoms with van der Waals surface area (Å²) in [6.45, 7) is 12.1. The zero-order valence-electron chi connectivity index (χ0n) is 69.2. The summed E-state index contributed by atoms with van der Waals surface area (Å²) >= 11 is 0. The fraction of sp³-hybridized carbons (Fsp3) is 0.953. The van der Waals surface area contributed by atoms with Crippen LogP contribution in [-0.2, 0) is 65.4 Å². The first-order chi connectivity index (χ1) is 50.8. The van der Waals surface area contributed by atoms with Crippen LogP contribution in [0.5, 0.6) is 0 Å². The molecule has 3 N–H and O–H groups in total. The molecular weight excluding hydrogens is 1370 g/mol. The Hall–Kier alpha value is -1.94. The van der Waals surface area contributed by atoms with Crippen LogP contribution in [0.25, 0.3) is 0 Å². The highest BCUT2D eigenvalue weighted by atomic mass is 31.2. The second-order valence-corrected chi connectivity index (χ2v) is 34.6. The molecule has 5 unspecified atom stereocenters. The zero-order valence-corrected chi connectivity index (χ0v) is 71.0. The molecule has 8 atom stereocenters. The van der Waals surface area contributed by atoms with Crippen LogP contribution in [0.4, 0.5) is 0 Å². The smallest absolute Gasteiger partial charge is 0.462 e. The molecular formula is C86H168O17P2. The minimum atomic E-state index is -4.96. The predicted octanol–water partition coefficient (Wildman–Crippen LogP) is 26.1. The fourth-order valence-electron chi connectivity index (χ4n) is 13.3. The molecule has 17 nitrogen and oxygen atoms in total. The molecule has 0 saturated carbocycles. The van der Waals surface area contributed by atoms with E-state index in [4.69, 9.17) is 37.0 Å². The SMILES string of the molecule is CCCCCCCCCC(=O)OC[C@H](COP(=O)(O)OC[C@H](O)COP(=O)(O)OC[C@@H](COC(=O)CCCCCCCCCCCCCCCCC(C)CC)OC(=O)CCCCCCCCCCCCCCCCCCCCC(C)CC)OC(=O)CCCCCCCCCCCCCCCCC(C)CC. The van der Waals surface area contributed by atoms with Crippen LogP contribution in [0, 0.1) is 17.8 Å². The number of hydrogen-bond acceptors (Lipinski definition) is 15. The third kappa shape index (κ3) is 75.9. The standard InChI is InChI=1S/C86H168O17P2/c1-8-12-13-14-43-53-60-67-83(88)96-73-81(102-85(90)69-63-56-49-42-36-30-24-22-27-33-39-46-52-59-66-79(7)11-4)75-100-104(92,93)98-71-80(87)72-99-105(94,95)101-76-82(74-97-84(89)68-61-54-47-40-34-28-23-21-26-32-38-45-51-58-65-78(6)10-3)103-86(91)70-62-55-48-41-35-29-20-18-16-15-17-19-25-31-37-44-50-57-64-77(5)9-2/h77-82,87H,8-76H2,1-7H3,(H,92,93)(H,94,95)/t77?,78?,79?,80-,81+,82+/m0/s1. The van der Waals surface area contributed by atoms with E-state index in [9.17, 15) is 43.2 Å². The van der Waals surface area contributed by atoms with Gasteiger partial charge in [-0.05, 0) is 43.4 Å². The fourth-order valence-corrected chi connectivity index (χ4v) is 14.9. The zero-order chi connectivity index (χ0) is 77.2. The number of phosphoric acid groups is 2. The Morgan fingerprint density at radius 3 is 0.676 bits per heavy atom. The molecule has 0 aromatic heterocycles. The molecule has 0 aromatic carbocycles. The maximum Gasteiger partial charge on any atom is 0.472 e. The highest BCUT2D eigenvalue weighted by Crippen LogP contribution is 2.45. The molecule has 0 fully saturated rings. The summed E-state index contributed by atoms with van der Waals surface area (Å²) in [5.74, 6) is 0.458. The van der Waals surface area contributed by atoms with Crippen molar-refractivity contribution >= 4 is 39.5 Å². The third-order valence-corrected chi connectivity index (χ3v) is 23.1. The van der Waals surface area contributed by atoms with Gasteiger partial charge in [0.15, 0.2) is 12.2 Å². The number of phosphoric ester groups is 2. The van der Waals surface area contributed by atoms with Crippen LogP contribution < -0.4 is 0 Å². The van der Waals surface area contributed by atoms with Gasteiger partial charge in [-0.15, -0.1) is 0 Å². The van der Waals surface area contributed by atoms with Crippen LogP contribution in [0.3, 0.4) is 0 Å². The third-order valence-electron chi connectivity index (χ3n) is 21.2. The van der Waals surface area contributed by atoms with Crippen molar-refractivity contribution in [2.24, 2.45) is 17.8 Å². The largest absolute Gasteiger partial charge is 0.472 e. The molecule has 19 heteroatoms. The number of hydrogen-bond donors (Lipinski definition) is 3. The Morgan fingerprint density at radius 2 is 0.457 bits per heavy atom. The van der Waals surface area contributed by atoms with Gasteiger partial charge in [-0.1, -0.05) is 402 Å². The molecule has 0 saturated heterocycles. The molecule has 0 heterocycles. The van der Waals surface area contributed by atoms with Crippen LogP contribution >= 0.6 is 15.6 Å². The van der Waals surface area contributed by atoms with Crippen molar-refractivity contribution in [1.82, 2.24) is 0 Å². The van der Waals surface area contributed by atoms with Gasteiger partial charge in [0.05, 0.1) is 26.4 Å².